The highest BCUT2D eigenvalue weighted by atomic mass is 16.5. The number of aryl methyl sites for hydroxylation is 1. The van der Waals surface area contributed by atoms with E-state index in [1.165, 1.54) is 5.56 Å². The van der Waals surface area contributed by atoms with Crippen molar-refractivity contribution in [3.05, 3.63) is 41.7 Å². The molecule has 3 heterocycles. The highest BCUT2D eigenvalue weighted by molar-refractivity contribution is 5.92. The van der Waals surface area contributed by atoms with Crippen LogP contribution in [0.1, 0.15) is 35.9 Å². The Kier molecular flexibility index (Phi) is 3.67. The minimum atomic E-state index is -0.285. The summed E-state index contributed by atoms with van der Waals surface area (Å²) in [6, 6.07) is 9.67. The van der Waals surface area contributed by atoms with Gasteiger partial charge in [-0.2, -0.15) is 0 Å². The van der Waals surface area contributed by atoms with Crippen molar-refractivity contribution in [3.8, 4) is 11.6 Å². The summed E-state index contributed by atoms with van der Waals surface area (Å²) in [5, 5.41) is 3.76. The number of hydrogen-bond donors (Lipinski definition) is 0. The summed E-state index contributed by atoms with van der Waals surface area (Å²) in [5.74, 6) is 1.34. The van der Waals surface area contributed by atoms with Gasteiger partial charge in [0.05, 0.1) is 19.2 Å². The van der Waals surface area contributed by atoms with E-state index in [9.17, 15) is 4.79 Å². The quantitative estimate of drug-likeness (QED) is 0.867. The smallest absolute Gasteiger partial charge is 0.292 e. The van der Waals surface area contributed by atoms with Crippen molar-refractivity contribution >= 4 is 5.91 Å². The van der Waals surface area contributed by atoms with Crippen molar-refractivity contribution in [2.75, 3.05) is 19.7 Å². The monoisotopic (exact) mass is 328 g/mol. The molecule has 1 spiro atoms. The number of aromatic nitrogens is 1. The summed E-state index contributed by atoms with van der Waals surface area (Å²) in [7, 11) is 0. The van der Waals surface area contributed by atoms with E-state index in [1.54, 1.807) is 11.0 Å². The van der Waals surface area contributed by atoms with Crippen LogP contribution < -0.4 is 9.47 Å². The zero-order valence-corrected chi connectivity index (χ0v) is 13.7. The van der Waals surface area contributed by atoms with Gasteiger partial charge >= 0.3 is 0 Å². The summed E-state index contributed by atoms with van der Waals surface area (Å²) >= 11 is 0. The number of para-hydroxylation sites is 1. The van der Waals surface area contributed by atoms with Crippen molar-refractivity contribution in [2.45, 2.75) is 31.8 Å². The molecule has 2 aromatic rings. The topological polar surface area (TPSA) is 64.8 Å². The van der Waals surface area contributed by atoms with Crippen LogP contribution in [-0.4, -0.2) is 41.3 Å². The lowest BCUT2D eigenvalue weighted by atomic mass is 9.90. The molecule has 1 amide bonds. The van der Waals surface area contributed by atoms with Gasteiger partial charge in [0, 0.05) is 13.0 Å². The van der Waals surface area contributed by atoms with Crippen LogP contribution in [-0.2, 0) is 6.42 Å². The van der Waals surface area contributed by atoms with E-state index >= 15 is 0 Å². The Morgan fingerprint density at radius 3 is 3.12 bits per heavy atom. The lowest BCUT2D eigenvalue weighted by molar-refractivity contribution is 0.0469. The molecule has 0 radical (unpaired) electrons. The van der Waals surface area contributed by atoms with Crippen LogP contribution in [0.5, 0.6) is 11.6 Å². The maximum Gasteiger partial charge on any atom is 0.292 e. The van der Waals surface area contributed by atoms with Crippen LogP contribution in [0.4, 0.5) is 0 Å². The standard InChI is InChI=1S/C18H20N2O4/c1-2-22-16-11-15(24-19-16)17(21)20-10-9-18(12-20)8-7-13-5-3-4-6-14(13)23-18/h3-6,11H,2,7-10,12H2,1H3/t18-/m1/s1. The maximum atomic E-state index is 12.6. The van der Waals surface area contributed by atoms with Crippen molar-refractivity contribution in [2.24, 2.45) is 0 Å². The van der Waals surface area contributed by atoms with Crippen LogP contribution in [0, 0.1) is 0 Å². The van der Waals surface area contributed by atoms with E-state index in [4.69, 9.17) is 14.0 Å². The Hall–Kier alpha value is -2.50. The molecule has 24 heavy (non-hydrogen) atoms. The van der Waals surface area contributed by atoms with Gasteiger partial charge < -0.3 is 18.9 Å². The fourth-order valence-electron chi connectivity index (χ4n) is 3.49. The van der Waals surface area contributed by atoms with E-state index in [0.29, 0.717) is 25.6 Å². The number of carbonyl (C=O) groups is 1. The van der Waals surface area contributed by atoms with E-state index in [2.05, 4.69) is 11.2 Å². The SMILES string of the molecule is CCOc1cc(C(=O)N2CC[C@]3(CCc4ccccc4O3)C2)on1. The van der Waals surface area contributed by atoms with Crippen molar-refractivity contribution in [1.29, 1.82) is 0 Å². The minimum Gasteiger partial charge on any atom is -0.485 e. The van der Waals surface area contributed by atoms with E-state index in [1.807, 2.05) is 25.1 Å². The third-order valence-corrected chi connectivity index (χ3v) is 4.74. The Morgan fingerprint density at radius 2 is 2.25 bits per heavy atom. The average molecular weight is 328 g/mol. The molecule has 0 unspecified atom stereocenters. The van der Waals surface area contributed by atoms with Gasteiger partial charge in [-0.25, -0.2) is 0 Å². The lowest BCUT2D eigenvalue weighted by Gasteiger charge is -2.35. The predicted octanol–water partition coefficient (Wildman–Crippen LogP) is 2.68. The Bertz CT molecular complexity index is 757. The molecule has 2 aliphatic rings. The molecule has 0 aliphatic carbocycles. The second-order valence-electron chi connectivity index (χ2n) is 6.33. The molecule has 1 saturated heterocycles. The second kappa shape index (κ2) is 5.85. The Morgan fingerprint density at radius 1 is 1.38 bits per heavy atom. The van der Waals surface area contributed by atoms with Crippen molar-refractivity contribution < 1.29 is 18.8 Å². The van der Waals surface area contributed by atoms with Gasteiger partial charge in [0.15, 0.2) is 0 Å². The number of hydrogen-bond acceptors (Lipinski definition) is 5. The van der Waals surface area contributed by atoms with Crippen molar-refractivity contribution in [1.82, 2.24) is 10.1 Å². The molecule has 1 aromatic heterocycles. The zero-order valence-electron chi connectivity index (χ0n) is 13.7. The molecule has 2 aliphatic heterocycles. The van der Waals surface area contributed by atoms with E-state index < -0.39 is 0 Å². The fraction of sp³-hybridized carbons (Fsp3) is 0.444. The number of carbonyl (C=O) groups excluding carboxylic acids is 1. The number of ether oxygens (including phenoxy) is 2. The zero-order chi connectivity index (χ0) is 16.6. The summed E-state index contributed by atoms with van der Waals surface area (Å²) in [4.78, 5) is 14.4. The lowest BCUT2D eigenvalue weighted by Crippen LogP contribution is -2.43. The number of fused-ring (bicyclic) bond motifs is 1. The van der Waals surface area contributed by atoms with E-state index in [-0.39, 0.29) is 17.3 Å². The summed E-state index contributed by atoms with van der Waals surface area (Å²) in [6.45, 7) is 3.58. The number of benzene rings is 1. The molecule has 6 heteroatoms. The van der Waals surface area contributed by atoms with Gasteiger partial charge in [-0.1, -0.05) is 18.2 Å². The Balaban J connectivity index is 1.47. The largest absolute Gasteiger partial charge is 0.485 e. The summed E-state index contributed by atoms with van der Waals surface area (Å²) in [6.07, 6.45) is 2.74. The van der Waals surface area contributed by atoms with Crippen LogP contribution in [0.25, 0.3) is 0 Å². The fourth-order valence-corrected chi connectivity index (χ4v) is 3.49. The average Bonchev–Trinajstić information content (AvgIpc) is 3.22. The van der Waals surface area contributed by atoms with E-state index in [0.717, 1.165) is 25.0 Å². The van der Waals surface area contributed by atoms with Crippen molar-refractivity contribution in [3.63, 3.8) is 0 Å². The summed E-state index contributed by atoms with van der Waals surface area (Å²) < 4.78 is 16.6. The minimum absolute atomic E-state index is 0.159. The van der Waals surface area contributed by atoms with Gasteiger partial charge in [0.1, 0.15) is 11.4 Å². The first-order chi connectivity index (χ1) is 11.7. The molecule has 6 nitrogen and oxygen atoms in total. The second-order valence-corrected chi connectivity index (χ2v) is 6.33. The predicted molar refractivity (Wildman–Crippen MR) is 86.3 cm³/mol. The number of likely N-dealkylation sites (tertiary alicyclic amines) is 1. The number of amides is 1. The molecule has 1 aromatic carbocycles. The number of rotatable bonds is 3. The number of nitrogens with zero attached hydrogens (tertiary/aromatic N) is 2. The van der Waals surface area contributed by atoms with Gasteiger partial charge in [0.2, 0.25) is 5.76 Å². The molecule has 0 saturated carbocycles. The normalized spacial score (nSPS) is 22.3. The van der Waals surface area contributed by atoms with Gasteiger partial charge in [-0.05, 0) is 36.6 Å². The Labute approximate surface area is 140 Å². The molecular formula is C18H20N2O4. The molecular weight excluding hydrogens is 308 g/mol. The first-order valence-corrected chi connectivity index (χ1v) is 8.35. The van der Waals surface area contributed by atoms with Crippen LogP contribution in [0.2, 0.25) is 0 Å². The first-order valence-electron chi connectivity index (χ1n) is 8.35. The third-order valence-electron chi connectivity index (χ3n) is 4.74. The molecule has 126 valence electrons. The third kappa shape index (κ3) is 2.62. The van der Waals surface area contributed by atoms with Gasteiger partial charge in [-0.3, -0.25) is 4.79 Å². The highest BCUT2D eigenvalue weighted by Crippen LogP contribution is 2.38. The highest BCUT2D eigenvalue weighted by Gasteiger charge is 2.44. The first kappa shape index (κ1) is 15.1. The molecule has 0 N–H and O–H groups in total. The van der Waals surface area contributed by atoms with Crippen LogP contribution in [0.3, 0.4) is 0 Å². The molecule has 4 rings (SSSR count). The van der Waals surface area contributed by atoms with Gasteiger partial charge in [-0.15, -0.1) is 0 Å². The van der Waals surface area contributed by atoms with Crippen LogP contribution >= 0.6 is 0 Å². The molecule has 1 fully saturated rings. The van der Waals surface area contributed by atoms with Crippen LogP contribution in [0.15, 0.2) is 34.9 Å². The summed E-state index contributed by atoms with van der Waals surface area (Å²) in [5.41, 5.74) is 0.955. The maximum absolute atomic E-state index is 12.6. The molecule has 0 bridgehead atoms. The van der Waals surface area contributed by atoms with Gasteiger partial charge in [0.25, 0.3) is 11.8 Å². The molecule has 1 atom stereocenters.